The van der Waals surface area contributed by atoms with Crippen LogP contribution in [0.2, 0.25) is 0 Å². The Morgan fingerprint density at radius 3 is 2.54 bits per heavy atom. The number of hydrogen-bond donors (Lipinski definition) is 1. The lowest BCUT2D eigenvalue weighted by molar-refractivity contribution is -0.326. The fourth-order valence-electron chi connectivity index (χ4n) is 1.92. The minimum Gasteiger partial charge on any atom is -0.376 e. The molecule has 1 amide bonds. The molecule has 0 aromatic carbocycles. The van der Waals surface area contributed by atoms with Gasteiger partial charge in [0.15, 0.2) is 0 Å². The van der Waals surface area contributed by atoms with E-state index in [1.165, 1.54) is 39.6 Å². The standard InChI is InChI=1S/C16H18N4O6/c1-16(23-2,24-3)26-15(22)25-12-6-8-18-11(20-12)9-10-5-4-7-19-13(10)14(17)21/h4-8H,9H2,1-3H3,(H2,17,21). The number of hydrogen-bond acceptors (Lipinski definition) is 9. The lowest BCUT2D eigenvalue weighted by atomic mass is 10.1. The molecule has 0 saturated heterocycles. The van der Waals surface area contributed by atoms with Crippen LogP contribution >= 0.6 is 0 Å². The largest absolute Gasteiger partial charge is 0.519 e. The number of nitrogens with two attached hydrogens (primary N) is 1. The number of rotatable bonds is 7. The van der Waals surface area contributed by atoms with E-state index in [0.29, 0.717) is 11.4 Å². The molecule has 2 aromatic rings. The fourth-order valence-corrected chi connectivity index (χ4v) is 1.92. The summed E-state index contributed by atoms with van der Waals surface area (Å²) >= 11 is 0. The van der Waals surface area contributed by atoms with Crippen LogP contribution in [0.25, 0.3) is 0 Å². The van der Waals surface area contributed by atoms with Crippen LogP contribution in [0.4, 0.5) is 4.79 Å². The zero-order chi connectivity index (χ0) is 19.2. The van der Waals surface area contributed by atoms with Gasteiger partial charge in [0.1, 0.15) is 11.5 Å². The number of primary amides is 1. The molecule has 0 aliphatic rings. The topological polar surface area (TPSA) is 136 Å². The first-order valence-electron chi connectivity index (χ1n) is 7.43. The second kappa shape index (κ2) is 8.32. The Morgan fingerprint density at radius 1 is 1.15 bits per heavy atom. The summed E-state index contributed by atoms with van der Waals surface area (Å²) in [5.74, 6) is -1.99. The molecule has 0 fully saturated rings. The summed E-state index contributed by atoms with van der Waals surface area (Å²) in [5.41, 5.74) is 5.97. The molecule has 2 N–H and O–H groups in total. The molecule has 0 bridgehead atoms. The van der Waals surface area contributed by atoms with Gasteiger partial charge in [0.2, 0.25) is 5.88 Å². The van der Waals surface area contributed by atoms with Gasteiger partial charge in [-0.3, -0.25) is 9.78 Å². The first-order valence-corrected chi connectivity index (χ1v) is 7.43. The van der Waals surface area contributed by atoms with Crippen molar-refractivity contribution in [1.29, 1.82) is 0 Å². The van der Waals surface area contributed by atoms with Crippen molar-refractivity contribution in [2.75, 3.05) is 14.2 Å². The number of carbonyl (C=O) groups excluding carboxylic acids is 2. The van der Waals surface area contributed by atoms with Crippen molar-refractivity contribution in [3.05, 3.63) is 47.7 Å². The van der Waals surface area contributed by atoms with Crippen LogP contribution in [0.3, 0.4) is 0 Å². The lowest BCUT2D eigenvalue weighted by Crippen LogP contribution is -2.36. The third-order valence-electron chi connectivity index (χ3n) is 3.35. The number of ether oxygens (including phenoxy) is 4. The van der Waals surface area contributed by atoms with E-state index < -0.39 is 18.0 Å². The first kappa shape index (κ1) is 19.2. The second-order valence-electron chi connectivity index (χ2n) is 5.09. The number of methoxy groups -OCH3 is 2. The van der Waals surface area contributed by atoms with E-state index in [9.17, 15) is 9.59 Å². The van der Waals surface area contributed by atoms with Gasteiger partial charge in [-0.1, -0.05) is 6.07 Å². The zero-order valence-electron chi connectivity index (χ0n) is 14.5. The summed E-state index contributed by atoms with van der Waals surface area (Å²) in [7, 11) is 2.62. The van der Waals surface area contributed by atoms with Crippen LogP contribution in [-0.2, 0) is 20.6 Å². The number of pyridine rings is 1. The van der Waals surface area contributed by atoms with Crippen molar-refractivity contribution in [1.82, 2.24) is 15.0 Å². The minimum absolute atomic E-state index is 0.0425. The summed E-state index contributed by atoms with van der Waals surface area (Å²) < 4.78 is 19.7. The van der Waals surface area contributed by atoms with E-state index in [-0.39, 0.29) is 18.0 Å². The summed E-state index contributed by atoms with van der Waals surface area (Å²) in [5, 5.41) is 0. The number of amides is 1. The van der Waals surface area contributed by atoms with Crippen LogP contribution in [0.1, 0.15) is 28.8 Å². The predicted octanol–water partition coefficient (Wildman–Crippen LogP) is 1.04. The zero-order valence-corrected chi connectivity index (χ0v) is 14.5. The molecule has 0 saturated carbocycles. The highest BCUT2D eigenvalue weighted by Gasteiger charge is 2.29. The SMILES string of the molecule is COC(C)(OC)OC(=O)Oc1ccnc(Cc2cccnc2C(N)=O)n1. The molecular weight excluding hydrogens is 344 g/mol. The second-order valence-corrected chi connectivity index (χ2v) is 5.09. The molecule has 0 aliphatic carbocycles. The van der Waals surface area contributed by atoms with Crippen LogP contribution in [0.15, 0.2) is 30.6 Å². The van der Waals surface area contributed by atoms with Gasteiger partial charge in [-0.15, -0.1) is 0 Å². The quantitative estimate of drug-likeness (QED) is 0.566. The Bertz CT molecular complexity index is 794. The van der Waals surface area contributed by atoms with E-state index in [1.54, 1.807) is 12.1 Å². The normalized spacial score (nSPS) is 11.0. The monoisotopic (exact) mass is 362 g/mol. The molecule has 10 nitrogen and oxygen atoms in total. The molecule has 0 spiro atoms. The van der Waals surface area contributed by atoms with Crippen molar-refractivity contribution in [2.45, 2.75) is 19.3 Å². The average Bonchev–Trinajstić information content (AvgIpc) is 2.62. The Morgan fingerprint density at radius 2 is 1.88 bits per heavy atom. The van der Waals surface area contributed by atoms with Gasteiger partial charge in [0, 0.05) is 46.0 Å². The van der Waals surface area contributed by atoms with Crippen LogP contribution in [-0.4, -0.2) is 47.2 Å². The molecular formula is C16H18N4O6. The van der Waals surface area contributed by atoms with Crippen molar-refractivity contribution in [2.24, 2.45) is 5.73 Å². The van der Waals surface area contributed by atoms with Gasteiger partial charge in [-0.2, -0.15) is 4.98 Å². The summed E-state index contributed by atoms with van der Waals surface area (Å²) in [6, 6.07) is 4.72. The molecule has 0 atom stereocenters. The molecule has 138 valence electrons. The molecule has 2 aromatic heterocycles. The number of aromatic nitrogens is 3. The highest BCUT2D eigenvalue weighted by Crippen LogP contribution is 2.16. The number of carbonyl (C=O) groups is 2. The Hall–Kier alpha value is -3.11. The first-order chi connectivity index (χ1) is 12.4. The Balaban J connectivity index is 2.11. The Labute approximate surface area is 149 Å². The van der Waals surface area contributed by atoms with Crippen molar-refractivity contribution >= 4 is 12.1 Å². The fraction of sp³-hybridized carbons (Fsp3) is 0.312. The van der Waals surface area contributed by atoms with Crippen molar-refractivity contribution in [3.63, 3.8) is 0 Å². The molecule has 2 heterocycles. The summed E-state index contributed by atoms with van der Waals surface area (Å²) in [6.07, 6.45) is 1.96. The van der Waals surface area contributed by atoms with Crippen molar-refractivity contribution < 1.29 is 28.5 Å². The summed E-state index contributed by atoms with van der Waals surface area (Å²) in [6.45, 7) is 1.40. The van der Waals surface area contributed by atoms with Gasteiger partial charge < -0.3 is 24.7 Å². The maximum Gasteiger partial charge on any atom is 0.519 e. The van der Waals surface area contributed by atoms with E-state index in [2.05, 4.69) is 15.0 Å². The van der Waals surface area contributed by atoms with Gasteiger partial charge >= 0.3 is 12.1 Å². The van der Waals surface area contributed by atoms with E-state index in [4.69, 9.17) is 24.7 Å². The molecule has 10 heteroatoms. The molecule has 26 heavy (non-hydrogen) atoms. The highest BCUT2D eigenvalue weighted by atomic mass is 16.9. The number of nitrogens with zero attached hydrogens (tertiary/aromatic N) is 3. The summed E-state index contributed by atoms with van der Waals surface area (Å²) in [4.78, 5) is 35.4. The molecule has 0 aliphatic heterocycles. The van der Waals surface area contributed by atoms with E-state index >= 15 is 0 Å². The third-order valence-corrected chi connectivity index (χ3v) is 3.35. The smallest absolute Gasteiger partial charge is 0.376 e. The minimum atomic E-state index is -1.58. The lowest BCUT2D eigenvalue weighted by Gasteiger charge is -2.24. The van der Waals surface area contributed by atoms with E-state index in [0.717, 1.165) is 0 Å². The van der Waals surface area contributed by atoms with Crippen LogP contribution in [0, 0.1) is 0 Å². The predicted molar refractivity (Wildman–Crippen MR) is 87.1 cm³/mol. The maximum atomic E-state index is 11.8. The molecule has 2 rings (SSSR count). The third kappa shape index (κ3) is 4.94. The average molecular weight is 362 g/mol. The highest BCUT2D eigenvalue weighted by molar-refractivity contribution is 5.92. The van der Waals surface area contributed by atoms with Crippen LogP contribution < -0.4 is 10.5 Å². The van der Waals surface area contributed by atoms with Gasteiger partial charge in [-0.05, 0) is 11.6 Å². The maximum absolute atomic E-state index is 11.8. The van der Waals surface area contributed by atoms with Crippen molar-refractivity contribution in [3.8, 4) is 5.88 Å². The Kier molecular flexibility index (Phi) is 6.15. The van der Waals surface area contributed by atoms with Gasteiger partial charge in [-0.25, -0.2) is 9.78 Å². The van der Waals surface area contributed by atoms with Gasteiger partial charge in [0.05, 0.1) is 0 Å². The van der Waals surface area contributed by atoms with E-state index in [1.807, 2.05) is 0 Å². The molecule has 0 unspecified atom stereocenters. The van der Waals surface area contributed by atoms with Gasteiger partial charge in [0.25, 0.3) is 5.91 Å². The van der Waals surface area contributed by atoms with Crippen LogP contribution in [0.5, 0.6) is 5.88 Å². The molecule has 0 radical (unpaired) electrons.